The third-order valence-corrected chi connectivity index (χ3v) is 4.74. The monoisotopic (exact) mass is 381 g/mol. The number of hydrogen-bond acceptors (Lipinski definition) is 6. The summed E-state index contributed by atoms with van der Waals surface area (Å²) in [4.78, 5) is 37.9. The molecule has 1 saturated heterocycles. The molecule has 0 bridgehead atoms. The molecule has 136 valence electrons. The van der Waals surface area contributed by atoms with Crippen molar-refractivity contribution in [3.63, 3.8) is 0 Å². The zero-order valence-corrected chi connectivity index (χ0v) is 15.1. The largest absolute Gasteiger partial charge is 0.467 e. The first-order valence-corrected chi connectivity index (χ1v) is 8.46. The summed E-state index contributed by atoms with van der Waals surface area (Å²) in [5.74, 6) is -3.55. The molecule has 0 radical (unpaired) electrons. The standard InChI is InChI=1S/C19H15N3O4S/c1-26-17(25)19(14(10-20)16(24)21-18(27)22-19)9-15(23)13-8-4-6-11-5-2-3-7-12(11)13/h2-8,14H,9H2,1H3,(H2,21,22,24,27)/t14-,19+/m0/s1. The summed E-state index contributed by atoms with van der Waals surface area (Å²) in [5, 5.41) is 15.8. The molecule has 0 unspecified atom stereocenters. The van der Waals surface area contributed by atoms with E-state index in [1.165, 1.54) is 0 Å². The fourth-order valence-corrected chi connectivity index (χ4v) is 3.55. The second-order valence-electron chi connectivity index (χ2n) is 6.10. The van der Waals surface area contributed by atoms with Gasteiger partial charge in [-0.25, -0.2) is 4.79 Å². The maximum absolute atomic E-state index is 13.1. The van der Waals surface area contributed by atoms with E-state index in [0.717, 1.165) is 12.5 Å². The van der Waals surface area contributed by atoms with Crippen LogP contribution in [0.1, 0.15) is 16.8 Å². The van der Waals surface area contributed by atoms with Crippen LogP contribution in [0.25, 0.3) is 10.8 Å². The summed E-state index contributed by atoms with van der Waals surface area (Å²) in [6, 6.07) is 14.3. The van der Waals surface area contributed by atoms with Gasteiger partial charge in [0.2, 0.25) is 5.91 Å². The molecule has 0 aromatic heterocycles. The Hall–Kier alpha value is -3.31. The van der Waals surface area contributed by atoms with Gasteiger partial charge in [-0.15, -0.1) is 0 Å². The molecule has 0 saturated carbocycles. The number of esters is 1. The summed E-state index contributed by atoms with van der Waals surface area (Å²) >= 11 is 4.97. The third-order valence-electron chi connectivity index (χ3n) is 4.54. The molecule has 7 nitrogen and oxygen atoms in total. The summed E-state index contributed by atoms with van der Waals surface area (Å²) in [6.07, 6.45) is -0.459. The van der Waals surface area contributed by atoms with Crippen molar-refractivity contribution in [2.45, 2.75) is 12.0 Å². The molecular weight excluding hydrogens is 366 g/mol. The van der Waals surface area contributed by atoms with Gasteiger partial charge in [0.1, 0.15) is 0 Å². The fraction of sp³-hybridized carbons (Fsp3) is 0.211. The number of thiocarbonyl (C=S) groups is 1. The molecule has 1 heterocycles. The molecular formula is C19H15N3O4S. The lowest BCUT2D eigenvalue weighted by atomic mass is 9.77. The van der Waals surface area contributed by atoms with E-state index in [2.05, 4.69) is 10.6 Å². The molecule has 2 atom stereocenters. The van der Waals surface area contributed by atoms with Crippen LogP contribution in [0.4, 0.5) is 0 Å². The Morgan fingerprint density at radius 1 is 1.26 bits per heavy atom. The number of nitrogens with one attached hydrogen (secondary N) is 2. The number of fused-ring (bicyclic) bond motifs is 1. The van der Waals surface area contributed by atoms with Gasteiger partial charge in [-0.1, -0.05) is 42.5 Å². The van der Waals surface area contributed by atoms with Crippen LogP contribution in [0.3, 0.4) is 0 Å². The Bertz CT molecular complexity index is 1010. The number of rotatable bonds is 4. The number of carbonyl (C=O) groups is 3. The lowest BCUT2D eigenvalue weighted by Gasteiger charge is -2.38. The van der Waals surface area contributed by atoms with Gasteiger partial charge in [-0.3, -0.25) is 9.59 Å². The Labute approximate surface area is 160 Å². The van der Waals surface area contributed by atoms with Gasteiger partial charge in [-0.05, 0) is 23.0 Å². The Kier molecular flexibility index (Phi) is 4.88. The molecule has 1 aliphatic heterocycles. The molecule has 1 amide bonds. The first-order valence-electron chi connectivity index (χ1n) is 8.05. The number of Topliss-reactive ketones (excluding diaryl/α,β-unsaturated/α-hetero) is 1. The highest BCUT2D eigenvalue weighted by atomic mass is 32.1. The molecule has 2 aromatic rings. The maximum atomic E-state index is 13.1. The van der Waals surface area contributed by atoms with Crippen LogP contribution < -0.4 is 10.6 Å². The number of ketones is 1. The SMILES string of the molecule is COC(=O)[C@]1(CC(=O)c2cccc3ccccc23)NC(=S)NC(=O)[C@@H]1C#N. The second kappa shape index (κ2) is 7.13. The first kappa shape index (κ1) is 18.5. The molecule has 8 heteroatoms. The van der Waals surface area contributed by atoms with Crippen molar-refractivity contribution in [3.05, 3.63) is 48.0 Å². The van der Waals surface area contributed by atoms with Gasteiger partial charge in [0.25, 0.3) is 0 Å². The van der Waals surface area contributed by atoms with Gasteiger partial charge >= 0.3 is 5.97 Å². The van der Waals surface area contributed by atoms with Crippen molar-refractivity contribution in [2.75, 3.05) is 7.11 Å². The van der Waals surface area contributed by atoms with E-state index >= 15 is 0 Å². The van der Waals surface area contributed by atoms with Crippen LogP contribution in [0.5, 0.6) is 0 Å². The van der Waals surface area contributed by atoms with E-state index < -0.39 is 35.5 Å². The summed E-state index contributed by atoms with van der Waals surface area (Å²) < 4.78 is 4.80. The van der Waals surface area contributed by atoms with Crippen LogP contribution >= 0.6 is 12.2 Å². The van der Waals surface area contributed by atoms with Crippen molar-refractivity contribution < 1.29 is 19.1 Å². The number of amides is 1. The molecule has 27 heavy (non-hydrogen) atoms. The highest BCUT2D eigenvalue weighted by Gasteiger charge is 2.55. The quantitative estimate of drug-likeness (QED) is 0.469. The molecule has 1 aliphatic rings. The van der Waals surface area contributed by atoms with Crippen molar-refractivity contribution in [1.82, 2.24) is 10.6 Å². The smallest absolute Gasteiger partial charge is 0.334 e. The first-order chi connectivity index (χ1) is 12.9. The summed E-state index contributed by atoms with van der Waals surface area (Å²) in [7, 11) is 1.12. The number of methoxy groups -OCH3 is 1. The van der Waals surface area contributed by atoms with Crippen LogP contribution in [0.2, 0.25) is 0 Å². The lowest BCUT2D eigenvalue weighted by molar-refractivity contribution is -0.152. The molecule has 0 spiro atoms. The zero-order valence-electron chi connectivity index (χ0n) is 14.3. The van der Waals surface area contributed by atoms with Crippen molar-refractivity contribution >= 4 is 45.8 Å². The van der Waals surface area contributed by atoms with E-state index in [-0.39, 0.29) is 5.11 Å². The minimum atomic E-state index is -1.89. The van der Waals surface area contributed by atoms with Crippen LogP contribution in [-0.4, -0.2) is 35.4 Å². The number of carbonyl (C=O) groups excluding carboxylic acids is 3. The average molecular weight is 381 g/mol. The summed E-state index contributed by atoms with van der Waals surface area (Å²) in [5.41, 5.74) is -1.51. The average Bonchev–Trinajstić information content (AvgIpc) is 2.66. The predicted octanol–water partition coefficient (Wildman–Crippen LogP) is 1.47. The van der Waals surface area contributed by atoms with E-state index in [1.807, 2.05) is 18.2 Å². The van der Waals surface area contributed by atoms with Gasteiger partial charge < -0.3 is 15.4 Å². The van der Waals surface area contributed by atoms with Crippen molar-refractivity contribution in [1.29, 1.82) is 5.26 Å². The van der Waals surface area contributed by atoms with Crippen LogP contribution in [-0.2, 0) is 14.3 Å². The van der Waals surface area contributed by atoms with Crippen LogP contribution in [0.15, 0.2) is 42.5 Å². The number of ether oxygens (including phenoxy) is 1. The Balaban J connectivity index is 2.08. The lowest BCUT2D eigenvalue weighted by Crippen LogP contribution is -2.70. The predicted molar refractivity (Wildman–Crippen MR) is 101 cm³/mol. The van der Waals surface area contributed by atoms with E-state index in [9.17, 15) is 19.6 Å². The topological polar surface area (TPSA) is 108 Å². The molecule has 2 aromatic carbocycles. The minimum Gasteiger partial charge on any atom is -0.467 e. The highest BCUT2D eigenvalue weighted by molar-refractivity contribution is 7.80. The molecule has 2 N–H and O–H groups in total. The van der Waals surface area contributed by atoms with Gasteiger partial charge in [0, 0.05) is 12.0 Å². The third kappa shape index (κ3) is 3.13. The second-order valence-corrected chi connectivity index (χ2v) is 6.50. The van der Waals surface area contributed by atoms with Crippen LogP contribution in [0, 0.1) is 17.2 Å². The normalized spacial score (nSPS) is 21.7. The van der Waals surface area contributed by atoms with Crippen molar-refractivity contribution in [2.24, 2.45) is 5.92 Å². The zero-order chi connectivity index (χ0) is 19.6. The molecule has 1 fully saturated rings. The van der Waals surface area contributed by atoms with Gasteiger partial charge in [-0.2, -0.15) is 5.26 Å². The van der Waals surface area contributed by atoms with Gasteiger partial charge in [0.05, 0.1) is 13.2 Å². The fourth-order valence-electron chi connectivity index (χ4n) is 3.27. The minimum absolute atomic E-state index is 0.136. The number of nitrogens with zero attached hydrogens (tertiary/aromatic N) is 1. The molecule has 3 rings (SSSR count). The maximum Gasteiger partial charge on any atom is 0.334 e. The van der Waals surface area contributed by atoms with E-state index in [1.54, 1.807) is 30.3 Å². The van der Waals surface area contributed by atoms with Crippen molar-refractivity contribution in [3.8, 4) is 6.07 Å². The van der Waals surface area contributed by atoms with E-state index in [0.29, 0.717) is 10.9 Å². The number of hydrogen-bond donors (Lipinski definition) is 2. The highest BCUT2D eigenvalue weighted by Crippen LogP contribution is 2.30. The molecule has 0 aliphatic carbocycles. The van der Waals surface area contributed by atoms with Gasteiger partial charge in [0.15, 0.2) is 22.4 Å². The Morgan fingerprint density at radius 3 is 2.67 bits per heavy atom. The number of nitriles is 1. The Morgan fingerprint density at radius 2 is 1.96 bits per heavy atom. The number of benzene rings is 2. The van der Waals surface area contributed by atoms with E-state index in [4.69, 9.17) is 17.0 Å². The summed E-state index contributed by atoms with van der Waals surface area (Å²) in [6.45, 7) is 0.